The summed E-state index contributed by atoms with van der Waals surface area (Å²) in [5, 5.41) is 0.542. The predicted molar refractivity (Wildman–Crippen MR) is 94.0 cm³/mol. The number of nitrogens with zero attached hydrogens (tertiary/aromatic N) is 3. The molecule has 0 radical (unpaired) electrons. The third kappa shape index (κ3) is 3.13. The number of aromatic nitrogens is 1. The maximum atomic E-state index is 12.3. The number of ether oxygens (including phenoxy) is 1. The standard InChI is InChI=1S/C18H21ClFN3O/c1-12-8-14(22(3)11-17(12)24-7-5-20)9-23-10-16-15(13(23)2)4-6-21-18(16)19/h4,6,8H,2,5,7,9-11H2,1,3H3. The van der Waals surface area contributed by atoms with Gasteiger partial charge in [-0.25, -0.2) is 9.37 Å². The van der Waals surface area contributed by atoms with E-state index in [-0.39, 0.29) is 6.61 Å². The Balaban J connectivity index is 1.76. The molecule has 0 atom stereocenters. The molecule has 0 aliphatic carbocycles. The topological polar surface area (TPSA) is 28.6 Å². The fourth-order valence-corrected chi connectivity index (χ4v) is 3.28. The van der Waals surface area contributed by atoms with Gasteiger partial charge in [0.15, 0.2) is 0 Å². The van der Waals surface area contributed by atoms with Crippen LogP contribution in [-0.4, -0.2) is 48.2 Å². The molecule has 0 unspecified atom stereocenters. The first-order chi connectivity index (χ1) is 11.5. The van der Waals surface area contributed by atoms with Crippen molar-refractivity contribution in [2.45, 2.75) is 13.5 Å². The van der Waals surface area contributed by atoms with Crippen LogP contribution in [0, 0.1) is 0 Å². The van der Waals surface area contributed by atoms with Gasteiger partial charge in [-0.2, -0.15) is 0 Å². The third-order valence-electron chi connectivity index (χ3n) is 4.45. The molecule has 3 heterocycles. The molecule has 0 fully saturated rings. The number of rotatable bonds is 5. The van der Waals surface area contributed by atoms with Crippen LogP contribution in [-0.2, 0) is 11.3 Å². The van der Waals surface area contributed by atoms with Gasteiger partial charge in [0, 0.05) is 42.3 Å². The lowest BCUT2D eigenvalue weighted by molar-refractivity contribution is 0.162. The Kier molecular flexibility index (Phi) is 4.81. The summed E-state index contributed by atoms with van der Waals surface area (Å²) >= 11 is 6.20. The summed E-state index contributed by atoms with van der Waals surface area (Å²) in [7, 11) is 2.01. The van der Waals surface area contributed by atoms with Crippen LogP contribution in [0.15, 0.2) is 41.9 Å². The molecule has 128 valence electrons. The number of likely N-dealkylation sites (N-methyl/N-ethyl adjacent to an activating group) is 1. The van der Waals surface area contributed by atoms with Crippen molar-refractivity contribution in [2.24, 2.45) is 0 Å². The normalized spacial score (nSPS) is 17.3. The van der Waals surface area contributed by atoms with E-state index in [0.717, 1.165) is 40.4 Å². The van der Waals surface area contributed by atoms with E-state index in [9.17, 15) is 4.39 Å². The molecule has 1 aromatic heterocycles. The van der Waals surface area contributed by atoms with E-state index >= 15 is 0 Å². The molecule has 0 N–H and O–H groups in total. The average Bonchev–Trinajstić information content (AvgIpc) is 2.87. The Hall–Kier alpha value is -2.01. The van der Waals surface area contributed by atoms with Crippen LogP contribution in [0.5, 0.6) is 0 Å². The molecule has 0 aromatic carbocycles. The summed E-state index contributed by atoms with van der Waals surface area (Å²) < 4.78 is 17.8. The molecule has 24 heavy (non-hydrogen) atoms. The van der Waals surface area contributed by atoms with Gasteiger partial charge in [-0.1, -0.05) is 18.2 Å². The van der Waals surface area contributed by atoms with E-state index in [1.54, 1.807) is 6.20 Å². The first kappa shape index (κ1) is 16.8. The van der Waals surface area contributed by atoms with Crippen molar-refractivity contribution in [2.75, 3.05) is 33.4 Å². The Bertz CT molecular complexity index is 729. The summed E-state index contributed by atoms with van der Waals surface area (Å²) in [5.41, 5.74) is 5.26. The molecule has 1 aromatic rings. The van der Waals surface area contributed by atoms with E-state index < -0.39 is 6.67 Å². The zero-order valence-corrected chi connectivity index (χ0v) is 14.7. The monoisotopic (exact) mass is 349 g/mol. The highest BCUT2D eigenvalue weighted by atomic mass is 35.5. The SMILES string of the molecule is C=C1c2ccnc(Cl)c2CN1CC1=CC(C)=C(OCCF)CN1C. The molecule has 4 nitrogen and oxygen atoms in total. The number of halogens is 2. The van der Waals surface area contributed by atoms with Crippen LogP contribution in [0.2, 0.25) is 5.15 Å². The average molecular weight is 350 g/mol. The number of alkyl halides is 1. The molecular weight excluding hydrogens is 329 g/mol. The highest BCUT2D eigenvalue weighted by molar-refractivity contribution is 6.30. The van der Waals surface area contributed by atoms with Gasteiger partial charge in [0.05, 0.1) is 13.1 Å². The minimum Gasteiger partial charge on any atom is -0.493 e. The summed E-state index contributed by atoms with van der Waals surface area (Å²) in [6.45, 7) is 7.91. The lowest BCUT2D eigenvalue weighted by atomic mass is 10.1. The number of fused-ring (bicyclic) bond motifs is 1. The molecular formula is C18H21ClFN3O. The quantitative estimate of drug-likeness (QED) is 0.759. The van der Waals surface area contributed by atoms with Crippen molar-refractivity contribution in [3.05, 3.63) is 58.2 Å². The molecule has 0 amide bonds. The van der Waals surface area contributed by atoms with Crippen LogP contribution >= 0.6 is 11.6 Å². The van der Waals surface area contributed by atoms with E-state index in [1.807, 2.05) is 20.0 Å². The Labute approximate surface area is 146 Å². The minimum absolute atomic E-state index is 0.105. The molecule has 0 bridgehead atoms. The van der Waals surface area contributed by atoms with Crippen molar-refractivity contribution < 1.29 is 9.13 Å². The Morgan fingerprint density at radius 2 is 2.21 bits per heavy atom. The zero-order valence-electron chi connectivity index (χ0n) is 14.0. The van der Waals surface area contributed by atoms with E-state index in [1.165, 1.54) is 0 Å². The summed E-state index contributed by atoms with van der Waals surface area (Å²) in [6, 6.07) is 1.95. The van der Waals surface area contributed by atoms with Crippen molar-refractivity contribution >= 4 is 17.3 Å². The zero-order chi connectivity index (χ0) is 17.3. The first-order valence-electron chi connectivity index (χ1n) is 7.89. The van der Waals surface area contributed by atoms with Gasteiger partial charge in [-0.3, -0.25) is 0 Å². The predicted octanol–water partition coefficient (Wildman–Crippen LogP) is 3.61. The van der Waals surface area contributed by atoms with Gasteiger partial charge in [0.2, 0.25) is 0 Å². The number of hydrogen-bond acceptors (Lipinski definition) is 4. The number of pyridine rings is 1. The molecule has 3 rings (SSSR count). The van der Waals surface area contributed by atoms with E-state index in [0.29, 0.717) is 18.2 Å². The van der Waals surface area contributed by atoms with Crippen LogP contribution in [0.1, 0.15) is 18.1 Å². The third-order valence-corrected chi connectivity index (χ3v) is 4.77. The van der Waals surface area contributed by atoms with Gasteiger partial charge in [0.1, 0.15) is 24.2 Å². The first-order valence-corrected chi connectivity index (χ1v) is 8.27. The number of allylic oxidation sites excluding steroid dienone is 2. The van der Waals surface area contributed by atoms with Gasteiger partial charge in [-0.15, -0.1) is 0 Å². The van der Waals surface area contributed by atoms with Gasteiger partial charge in [-0.05, 0) is 24.6 Å². The van der Waals surface area contributed by atoms with E-state index in [4.69, 9.17) is 16.3 Å². The van der Waals surface area contributed by atoms with Crippen molar-refractivity contribution in [3.8, 4) is 0 Å². The fraction of sp³-hybridized carbons (Fsp3) is 0.389. The molecule has 0 saturated carbocycles. The lowest BCUT2D eigenvalue weighted by Crippen LogP contribution is -2.32. The lowest BCUT2D eigenvalue weighted by Gasteiger charge is -2.32. The van der Waals surface area contributed by atoms with E-state index in [2.05, 4.69) is 27.4 Å². The Morgan fingerprint density at radius 1 is 1.42 bits per heavy atom. The molecule has 0 saturated heterocycles. The van der Waals surface area contributed by atoms with Gasteiger partial charge >= 0.3 is 0 Å². The second-order valence-corrected chi connectivity index (χ2v) is 6.42. The smallest absolute Gasteiger partial charge is 0.134 e. The largest absolute Gasteiger partial charge is 0.493 e. The van der Waals surface area contributed by atoms with Gasteiger partial charge in [0.25, 0.3) is 0 Å². The summed E-state index contributed by atoms with van der Waals surface area (Å²) in [5.74, 6) is 0.828. The maximum absolute atomic E-state index is 12.3. The summed E-state index contributed by atoms with van der Waals surface area (Å²) in [4.78, 5) is 8.47. The molecule has 2 aliphatic heterocycles. The van der Waals surface area contributed by atoms with Crippen molar-refractivity contribution in [1.82, 2.24) is 14.8 Å². The van der Waals surface area contributed by atoms with Gasteiger partial charge < -0.3 is 14.5 Å². The molecule has 0 spiro atoms. The van der Waals surface area contributed by atoms with Crippen molar-refractivity contribution in [3.63, 3.8) is 0 Å². The Morgan fingerprint density at radius 3 is 2.92 bits per heavy atom. The highest BCUT2D eigenvalue weighted by Crippen LogP contribution is 2.35. The molecule has 2 aliphatic rings. The van der Waals surface area contributed by atoms with Crippen LogP contribution < -0.4 is 0 Å². The van der Waals surface area contributed by atoms with Crippen LogP contribution in [0.3, 0.4) is 0 Å². The van der Waals surface area contributed by atoms with Crippen molar-refractivity contribution in [1.29, 1.82) is 0 Å². The fourth-order valence-electron chi connectivity index (χ4n) is 3.06. The summed E-state index contributed by atoms with van der Waals surface area (Å²) in [6.07, 6.45) is 3.80. The second kappa shape index (κ2) is 6.85. The minimum atomic E-state index is -0.474. The van der Waals surface area contributed by atoms with Crippen LogP contribution in [0.4, 0.5) is 4.39 Å². The van der Waals surface area contributed by atoms with Crippen LogP contribution in [0.25, 0.3) is 5.70 Å². The molecule has 6 heteroatoms. The number of hydrogen-bond donors (Lipinski definition) is 0. The maximum Gasteiger partial charge on any atom is 0.134 e. The second-order valence-electron chi connectivity index (χ2n) is 6.07. The highest BCUT2D eigenvalue weighted by Gasteiger charge is 2.27.